The molecular formula is C48H29NO2S. The van der Waals surface area contributed by atoms with Gasteiger partial charge in [-0.1, -0.05) is 121 Å². The molecule has 0 unspecified atom stereocenters. The molecule has 0 aliphatic heterocycles. The molecule has 3 nitrogen and oxygen atoms in total. The van der Waals surface area contributed by atoms with E-state index in [2.05, 4.69) is 169 Å². The number of fused-ring (bicyclic) bond motifs is 9. The second-order valence-corrected chi connectivity index (χ2v) is 14.3. The lowest BCUT2D eigenvalue weighted by Crippen LogP contribution is -2.10. The Kier molecular flexibility index (Phi) is 6.42. The number of rotatable bonds is 5. The van der Waals surface area contributed by atoms with Crippen molar-refractivity contribution < 1.29 is 8.83 Å². The van der Waals surface area contributed by atoms with E-state index in [-0.39, 0.29) is 0 Å². The van der Waals surface area contributed by atoms with Gasteiger partial charge in [0.15, 0.2) is 5.58 Å². The zero-order chi connectivity index (χ0) is 34.2. The van der Waals surface area contributed by atoms with Crippen molar-refractivity contribution in [2.75, 3.05) is 4.90 Å². The third-order valence-electron chi connectivity index (χ3n) is 10.3. The molecule has 52 heavy (non-hydrogen) atoms. The minimum atomic E-state index is 0.858. The lowest BCUT2D eigenvalue weighted by Gasteiger charge is -2.26. The molecule has 0 aliphatic carbocycles. The van der Waals surface area contributed by atoms with E-state index in [0.29, 0.717) is 0 Å². The van der Waals surface area contributed by atoms with Gasteiger partial charge in [-0.05, 0) is 71.3 Å². The Morgan fingerprint density at radius 3 is 1.92 bits per heavy atom. The fraction of sp³-hybridized carbons (Fsp3) is 0. The molecule has 11 rings (SSSR count). The van der Waals surface area contributed by atoms with Gasteiger partial charge in [0, 0.05) is 53.0 Å². The molecule has 0 bridgehead atoms. The Balaban J connectivity index is 1.12. The van der Waals surface area contributed by atoms with Gasteiger partial charge in [-0.25, -0.2) is 0 Å². The number of hydrogen-bond donors (Lipinski definition) is 0. The predicted molar refractivity (Wildman–Crippen MR) is 219 cm³/mol. The first-order valence-corrected chi connectivity index (χ1v) is 18.3. The molecule has 8 aromatic carbocycles. The molecular weight excluding hydrogens is 655 g/mol. The van der Waals surface area contributed by atoms with Crippen LogP contribution >= 0.6 is 11.3 Å². The van der Waals surface area contributed by atoms with E-state index in [1.165, 1.54) is 20.2 Å². The van der Waals surface area contributed by atoms with Gasteiger partial charge >= 0.3 is 0 Å². The van der Waals surface area contributed by atoms with Crippen LogP contribution in [0, 0.1) is 0 Å². The van der Waals surface area contributed by atoms with Crippen molar-refractivity contribution in [2.24, 2.45) is 0 Å². The van der Waals surface area contributed by atoms with Crippen LogP contribution in [0.2, 0.25) is 0 Å². The largest absolute Gasteiger partial charge is 0.456 e. The normalized spacial score (nSPS) is 11.8. The van der Waals surface area contributed by atoms with Crippen LogP contribution in [0.5, 0.6) is 0 Å². The number of para-hydroxylation sites is 3. The van der Waals surface area contributed by atoms with E-state index in [1.54, 1.807) is 0 Å². The van der Waals surface area contributed by atoms with Crippen LogP contribution in [0.1, 0.15) is 0 Å². The Morgan fingerprint density at radius 2 is 1.04 bits per heavy atom. The summed E-state index contributed by atoms with van der Waals surface area (Å²) >= 11 is 1.83. The zero-order valence-corrected chi connectivity index (χ0v) is 28.7. The summed E-state index contributed by atoms with van der Waals surface area (Å²) in [6.07, 6.45) is 0. The van der Waals surface area contributed by atoms with E-state index in [9.17, 15) is 0 Å². The van der Waals surface area contributed by atoms with Gasteiger partial charge in [0.2, 0.25) is 0 Å². The van der Waals surface area contributed by atoms with Crippen LogP contribution in [0.3, 0.4) is 0 Å². The van der Waals surface area contributed by atoms with E-state index < -0.39 is 0 Å². The smallest absolute Gasteiger partial charge is 0.159 e. The van der Waals surface area contributed by atoms with Crippen molar-refractivity contribution in [3.63, 3.8) is 0 Å². The number of anilines is 3. The Hall–Kier alpha value is -6.62. The third kappa shape index (κ3) is 4.45. The number of nitrogens with zero attached hydrogens (tertiary/aromatic N) is 1. The van der Waals surface area contributed by atoms with Gasteiger partial charge in [-0.2, -0.15) is 0 Å². The highest BCUT2D eigenvalue weighted by atomic mass is 32.1. The molecule has 0 saturated heterocycles. The summed E-state index contributed by atoms with van der Waals surface area (Å²) < 4.78 is 15.8. The summed E-state index contributed by atoms with van der Waals surface area (Å²) in [4.78, 5) is 2.38. The number of benzene rings is 8. The maximum Gasteiger partial charge on any atom is 0.159 e. The molecule has 0 fully saturated rings. The van der Waals surface area contributed by atoms with Crippen LogP contribution in [0.4, 0.5) is 17.1 Å². The monoisotopic (exact) mass is 683 g/mol. The molecule has 0 aliphatic rings. The van der Waals surface area contributed by atoms with Crippen LogP contribution < -0.4 is 4.90 Å². The maximum atomic E-state index is 6.98. The van der Waals surface area contributed by atoms with Gasteiger partial charge < -0.3 is 13.7 Å². The Bertz CT molecular complexity index is 3130. The summed E-state index contributed by atoms with van der Waals surface area (Å²) in [6, 6.07) is 62.4. The predicted octanol–water partition coefficient (Wildman–Crippen LogP) is 14.7. The molecule has 0 amide bonds. The highest BCUT2D eigenvalue weighted by Crippen LogP contribution is 2.48. The highest BCUT2D eigenvalue weighted by molar-refractivity contribution is 7.26. The van der Waals surface area contributed by atoms with Crippen molar-refractivity contribution in [2.45, 2.75) is 0 Å². The molecule has 0 N–H and O–H groups in total. The Labute approximate surface area is 303 Å². The summed E-state index contributed by atoms with van der Waals surface area (Å²) in [7, 11) is 0. The summed E-state index contributed by atoms with van der Waals surface area (Å²) in [5, 5.41) is 6.96. The molecule has 0 atom stereocenters. The molecule has 3 aromatic heterocycles. The molecule has 3 heterocycles. The van der Waals surface area contributed by atoms with E-state index in [1.807, 2.05) is 23.5 Å². The fourth-order valence-electron chi connectivity index (χ4n) is 7.89. The first-order chi connectivity index (χ1) is 25.8. The molecule has 11 aromatic rings. The van der Waals surface area contributed by atoms with Crippen LogP contribution in [-0.2, 0) is 0 Å². The van der Waals surface area contributed by atoms with Crippen molar-refractivity contribution in [3.05, 3.63) is 176 Å². The van der Waals surface area contributed by atoms with Gasteiger partial charge in [0.25, 0.3) is 0 Å². The first kappa shape index (κ1) is 29.1. The molecule has 0 radical (unpaired) electrons. The third-order valence-corrected chi connectivity index (χ3v) is 11.4. The molecule has 0 spiro atoms. The number of furan rings is 2. The number of thiophene rings is 1. The second kappa shape index (κ2) is 11.5. The second-order valence-electron chi connectivity index (χ2n) is 13.2. The fourth-order valence-corrected chi connectivity index (χ4v) is 9.01. The van der Waals surface area contributed by atoms with Gasteiger partial charge in [-0.3, -0.25) is 0 Å². The quantitative estimate of drug-likeness (QED) is 0.181. The minimum Gasteiger partial charge on any atom is -0.456 e. The topological polar surface area (TPSA) is 29.5 Å². The first-order valence-electron chi connectivity index (χ1n) is 17.5. The lowest BCUT2D eigenvalue weighted by molar-refractivity contribution is 0.669. The van der Waals surface area contributed by atoms with E-state index in [4.69, 9.17) is 8.83 Å². The van der Waals surface area contributed by atoms with Gasteiger partial charge in [0.1, 0.15) is 16.7 Å². The minimum absolute atomic E-state index is 0.858. The molecule has 4 heteroatoms. The Morgan fingerprint density at radius 1 is 0.385 bits per heavy atom. The summed E-state index contributed by atoms with van der Waals surface area (Å²) in [5.41, 5.74) is 11.2. The van der Waals surface area contributed by atoms with Crippen molar-refractivity contribution in [1.82, 2.24) is 0 Å². The van der Waals surface area contributed by atoms with Crippen LogP contribution in [0.15, 0.2) is 185 Å². The average Bonchev–Trinajstić information content (AvgIpc) is 3.90. The lowest BCUT2D eigenvalue weighted by atomic mass is 10.0. The van der Waals surface area contributed by atoms with Crippen molar-refractivity contribution in [3.8, 4) is 22.3 Å². The standard InChI is InChI=1S/C48H29NO2S/c1-2-11-31(12-3-1)34-15-8-16-37-38-17-9-19-41(48(38)51-47(34)37)49(40-18-10-22-45-46(40)39-14-5-7-21-44(39)52-45)33-26-23-30(24-27-33)32-25-28-36-35-13-4-6-20-42(35)50-43(36)29-32/h1-29H. The van der Waals surface area contributed by atoms with Crippen molar-refractivity contribution in [1.29, 1.82) is 0 Å². The number of hydrogen-bond acceptors (Lipinski definition) is 4. The zero-order valence-electron chi connectivity index (χ0n) is 27.9. The van der Waals surface area contributed by atoms with Crippen LogP contribution in [-0.4, -0.2) is 0 Å². The van der Waals surface area contributed by atoms with Crippen molar-refractivity contribution >= 4 is 92.4 Å². The van der Waals surface area contributed by atoms with E-state index in [0.717, 1.165) is 83.2 Å². The summed E-state index contributed by atoms with van der Waals surface area (Å²) in [6.45, 7) is 0. The average molecular weight is 684 g/mol. The summed E-state index contributed by atoms with van der Waals surface area (Å²) in [5.74, 6) is 0. The van der Waals surface area contributed by atoms with Gasteiger partial charge in [-0.15, -0.1) is 11.3 Å². The SMILES string of the molecule is c1ccc(-c2cccc3c2oc2c(N(c4ccc(-c5ccc6c(c5)oc5ccccc56)cc4)c4cccc5sc6ccccc6c45)cccc23)cc1. The van der Waals surface area contributed by atoms with Crippen LogP contribution in [0.25, 0.3) is 86.3 Å². The van der Waals surface area contributed by atoms with E-state index >= 15 is 0 Å². The highest BCUT2D eigenvalue weighted by Gasteiger charge is 2.23. The molecule has 244 valence electrons. The van der Waals surface area contributed by atoms with Gasteiger partial charge in [0.05, 0.1) is 11.4 Å². The molecule has 0 saturated carbocycles. The maximum absolute atomic E-state index is 6.98.